The van der Waals surface area contributed by atoms with E-state index in [9.17, 15) is 0 Å². The summed E-state index contributed by atoms with van der Waals surface area (Å²) in [6.45, 7) is 5.06. The van der Waals surface area contributed by atoms with E-state index < -0.39 is 0 Å². The highest BCUT2D eigenvalue weighted by molar-refractivity contribution is 14.0. The van der Waals surface area contributed by atoms with E-state index in [2.05, 4.69) is 39.8 Å². The van der Waals surface area contributed by atoms with Gasteiger partial charge in [0.15, 0.2) is 5.96 Å². The van der Waals surface area contributed by atoms with Crippen LogP contribution in [-0.2, 0) is 11.3 Å². The summed E-state index contributed by atoms with van der Waals surface area (Å²) in [5.74, 6) is 1.34. The summed E-state index contributed by atoms with van der Waals surface area (Å²) in [4.78, 5) is 8.94. The Morgan fingerprint density at radius 2 is 2.32 bits per heavy atom. The Labute approximate surface area is 153 Å². The molecular weight excluding hydrogens is 411 g/mol. The summed E-state index contributed by atoms with van der Waals surface area (Å²) < 4.78 is 5.87. The summed E-state index contributed by atoms with van der Waals surface area (Å²) in [7, 11) is 1.81. The van der Waals surface area contributed by atoms with E-state index >= 15 is 0 Å². The van der Waals surface area contributed by atoms with Gasteiger partial charge in [-0.05, 0) is 19.3 Å². The standard InChI is InChI=1S/C15H24N4OS.HI/c1-9(2)14-18-10(8-21-14)7-17-15(16-3)19-12-6-11-4-5-13(12)20-11;/h8-9,11-13H,4-7H2,1-3H3,(H2,16,17,19);1H. The molecule has 2 aliphatic heterocycles. The van der Waals surface area contributed by atoms with Crippen LogP contribution in [0, 0.1) is 0 Å². The highest BCUT2D eigenvalue weighted by atomic mass is 127. The van der Waals surface area contributed by atoms with E-state index in [1.54, 1.807) is 11.3 Å². The molecule has 1 aromatic rings. The Bertz CT molecular complexity index is 519. The Morgan fingerprint density at radius 1 is 1.50 bits per heavy atom. The van der Waals surface area contributed by atoms with E-state index in [4.69, 9.17) is 4.74 Å². The van der Waals surface area contributed by atoms with Gasteiger partial charge in [0, 0.05) is 18.3 Å². The molecule has 5 nitrogen and oxygen atoms in total. The van der Waals surface area contributed by atoms with Crippen molar-refractivity contribution in [2.45, 2.75) is 63.8 Å². The molecule has 3 atom stereocenters. The summed E-state index contributed by atoms with van der Waals surface area (Å²) in [5, 5.41) is 10.2. The molecule has 0 spiro atoms. The molecule has 3 rings (SSSR count). The summed E-state index contributed by atoms with van der Waals surface area (Å²) >= 11 is 1.73. The second-order valence-corrected chi connectivity index (χ2v) is 7.01. The van der Waals surface area contributed by atoms with Crippen molar-refractivity contribution in [3.63, 3.8) is 0 Å². The fraction of sp³-hybridized carbons (Fsp3) is 0.733. The van der Waals surface area contributed by atoms with Gasteiger partial charge in [0.05, 0.1) is 35.5 Å². The van der Waals surface area contributed by atoms with E-state index in [1.165, 1.54) is 17.8 Å². The van der Waals surface area contributed by atoms with E-state index in [-0.39, 0.29) is 24.0 Å². The van der Waals surface area contributed by atoms with Crippen LogP contribution in [0.1, 0.15) is 49.7 Å². The van der Waals surface area contributed by atoms with Crippen LogP contribution in [0.3, 0.4) is 0 Å². The number of thiazole rings is 1. The number of rotatable bonds is 4. The lowest BCUT2D eigenvalue weighted by Crippen LogP contribution is -2.47. The number of nitrogens with zero attached hydrogens (tertiary/aromatic N) is 2. The minimum absolute atomic E-state index is 0. The summed E-state index contributed by atoms with van der Waals surface area (Å²) in [6, 6.07) is 0.400. The van der Waals surface area contributed by atoms with Crippen LogP contribution in [0.5, 0.6) is 0 Å². The third-order valence-electron chi connectivity index (χ3n) is 4.15. The Kier molecular flexibility index (Phi) is 6.46. The summed E-state index contributed by atoms with van der Waals surface area (Å²) in [6.07, 6.45) is 4.30. The molecule has 124 valence electrons. The second kappa shape index (κ2) is 7.92. The predicted octanol–water partition coefficient (Wildman–Crippen LogP) is 2.87. The van der Waals surface area contributed by atoms with E-state index in [0.717, 1.165) is 18.1 Å². The average molecular weight is 436 g/mol. The number of nitrogens with one attached hydrogen (secondary N) is 2. The summed E-state index contributed by atoms with van der Waals surface area (Å²) in [5.41, 5.74) is 1.08. The predicted molar refractivity (Wildman–Crippen MR) is 101 cm³/mol. The first-order valence-electron chi connectivity index (χ1n) is 7.72. The third-order valence-corrected chi connectivity index (χ3v) is 5.35. The molecule has 3 heterocycles. The minimum Gasteiger partial charge on any atom is -0.373 e. The number of aliphatic imine (C=N–C) groups is 1. The zero-order valence-corrected chi connectivity index (χ0v) is 16.5. The number of aromatic nitrogens is 1. The molecule has 0 aromatic carbocycles. The van der Waals surface area contributed by atoms with Gasteiger partial charge in [-0.15, -0.1) is 35.3 Å². The average Bonchev–Trinajstić information content (AvgIpc) is 3.18. The van der Waals surface area contributed by atoms with Crippen molar-refractivity contribution in [1.82, 2.24) is 15.6 Å². The number of guanidine groups is 1. The Morgan fingerprint density at radius 3 is 2.86 bits per heavy atom. The lowest BCUT2D eigenvalue weighted by Gasteiger charge is -2.22. The molecule has 3 unspecified atom stereocenters. The van der Waals surface area contributed by atoms with E-state index in [0.29, 0.717) is 30.7 Å². The van der Waals surface area contributed by atoms with Crippen molar-refractivity contribution in [1.29, 1.82) is 0 Å². The van der Waals surface area contributed by atoms with Crippen molar-refractivity contribution >= 4 is 41.3 Å². The van der Waals surface area contributed by atoms with Crippen molar-refractivity contribution < 1.29 is 4.74 Å². The molecule has 22 heavy (non-hydrogen) atoms. The number of hydrogen-bond donors (Lipinski definition) is 2. The quantitative estimate of drug-likeness (QED) is 0.433. The van der Waals surface area contributed by atoms with Crippen molar-refractivity contribution in [3.8, 4) is 0 Å². The maximum atomic E-state index is 5.87. The molecule has 2 aliphatic rings. The number of fused-ring (bicyclic) bond motifs is 2. The van der Waals surface area contributed by atoms with Crippen LogP contribution >= 0.6 is 35.3 Å². The van der Waals surface area contributed by atoms with Crippen LogP contribution in [0.15, 0.2) is 10.4 Å². The maximum absolute atomic E-state index is 5.87. The monoisotopic (exact) mass is 436 g/mol. The first kappa shape index (κ1) is 17.9. The maximum Gasteiger partial charge on any atom is 0.191 e. The van der Waals surface area contributed by atoms with Gasteiger partial charge in [0.25, 0.3) is 0 Å². The molecule has 2 bridgehead atoms. The van der Waals surface area contributed by atoms with Crippen molar-refractivity contribution in [2.24, 2.45) is 4.99 Å². The largest absolute Gasteiger partial charge is 0.373 e. The zero-order valence-electron chi connectivity index (χ0n) is 13.3. The van der Waals surface area contributed by atoms with Gasteiger partial charge in [-0.2, -0.15) is 0 Å². The van der Waals surface area contributed by atoms with Gasteiger partial charge in [0.1, 0.15) is 0 Å². The molecule has 2 N–H and O–H groups in total. The molecule has 2 saturated heterocycles. The van der Waals surface area contributed by atoms with Gasteiger partial charge in [-0.3, -0.25) is 4.99 Å². The highest BCUT2D eigenvalue weighted by Gasteiger charge is 2.41. The lowest BCUT2D eigenvalue weighted by atomic mass is 9.96. The lowest BCUT2D eigenvalue weighted by molar-refractivity contribution is 0.0992. The number of halogens is 1. The topological polar surface area (TPSA) is 58.5 Å². The molecule has 0 aliphatic carbocycles. The molecular formula is C15H25IN4OS. The van der Waals surface area contributed by atoms with Crippen LogP contribution in [0.2, 0.25) is 0 Å². The van der Waals surface area contributed by atoms with Crippen molar-refractivity contribution in [3.05, 3.63) is 16.1 Å². The number of ether oxygens (including phenoxy) is 1. The Hall–Kier alpha value is -0.410. The fourth-order valence-electron chi connectivity index (χ4n) is 3.00. The fourth-order valence-corrected chi connectivity index (χ4v) is 3.84. The van der Waals surface area contributed by atoms with Crippen LogP contribution in [0.4, 0.5) is 0 Å². The Balaban J connectivity index is 0.00000176. The first-order valence-corrected chi connectivity index (χ1v) is 8.60. The molecule has 1 aromatic heterocycles. The molecule has 0 saturated carbocycles. The molecule has 2 fully saturated rings. The SMILES string of the molecule is CN=C(NCc1csc(C(C)C)n1)NC1CC2CCC1O2.I. The van der Waals surface area contributed by atoms with Gasteiger partial charge in [0.2, 0.25) is 0 Å². The molecule has 7 heteroatoms. The smallest absolute Gasteiger partial charge is 0.191 e. The van der Waals surface area contributed by atoms with Crippen LogP contribution in [0.25, 0.3) is 0 Å². The second-order valence-electron chi connectivity index (χ2n) is 6.12. The minimum atomic E-state index is 0. The molecule has 0 amide bonds. The van der Waals surface area contributed by atoms with Crippen molar-refractivity contribution in [2.75, 3.05) is 7.05 Å². The first-order chi connectivity index (χ1) is 10.2. The van der Waals surface area contributed by atoms with Crippen LogP contribution in [-0.4, -0.2) is 36.2 Å². The third kappa shape index (κ3) is 4.11. The zero-order chi connectivity index (χ0) is 14.8. The molecule has 0 radical (unpaired) electrons. The van der Waals surface area contributed by atoms with E-state index in [1.807, 2.05) is 7.05 Å². The van der Waals surface area contributed by atoms with Gasteiger partial charge in [-0.25, -0.2) is 4.98 Å². The van der Waals surface area contributed by atoms with Gasteiger partial charge >= 0.3 is 0 Å². The van der Waals surface area contributed by atoms with Gasteiger partial charge < -0.3 is 15.4 Å². The highest BCUT2D eigenvalue weighted by Crippen LogP contribution is 2.34. The van der Waals surface area contributed by atoms with Crippen LogP contribution < -0.4 is 10.6 Å². The number of hydrogen-bond acceptors (Lipinski definition) is 4. The normalized spacial score (nSPS) is 27.1. The van der Waals surface area contributed by atoms with Gasteiger partial charge in [-0.1, -0.05) is 13.8 Å².